The van der Waals surface area contributed by atoms with E-state index in [1.165, 1.54) is 12.8 Å². The molecule has 1 fully saturated rings. The molecule has 0 aliphatic heterocycles. The summed E-state index contributed by atoms with van der Waals surface area (Å²) < 4.78 is 5.16. The third-order valence-corrected chi connectivity index (χ3v) is 3.30. The van der Waals surface area contributed by atoms with Gasteiger partial charge in [0.25, 0.3) is 0 Å². The maximum Gasteiger partial charge on any atom is 0.225 e. The number of rotatable bonds is 9. The van der Waals surface area contributed by atoms with E-state index in [4.69, 9.17) is 4.74 Å². The molecule has 2 rings (SSSR count). The van der Waals surface area contributed by atoms with Crippen LogP contribution in [0.25, 0.3) is 0 Å². The summed E-state index contributed by atoms with van der Waals surface area (Å²) in [6.07, 6.45) is 6.46. The Bertz CT molecular complexity index is 389. The lowest BCUT2D eigenvalue weighted by atomic mass is 10.2. The molecule has 1 aliphatic rings. The van der Waals surface area contributed by atoms with Gasteiger partial charge in [-0.2, -0.15) is 0 Å². The van der Waals surface area contributed by atoms with E-state index in [1.54, 1.807) is 7.11 Å². The van der Waals surface area contributed by atoms with Gasteiger partial charge in [0.05, 0.1) is 6.61 Å². The molecule has 0 amide bonds. The van der Waals surface area contributed by atoms with Gasteiger partial charge in [-0.05, 0) is 18.8 Å². The number of methoxy groups -OCH3 is 1. The summed E-state index contributed by atoms with van der Waals surface area (Å²) in [6.45, 7) is 7.74. The Hall–Kier alpha value is -1.20. The fourth-order valence-electron chi connectivity index (χ4n) is 2.07. The highest BCUT2D eigenvalue weighted by molar-refractivity contribution is 5.29. The van der Waals surface area contributed by atoms with Crippen molar-refractivity contribution in [3.05, 3.63) is 18.0 Å². The van der Waals surface area contributed by atoms with E-state index in [2.05, 4.69) is 34.0 Å². The Morgan fingerprint density at radius 3 is 2.60 bits per heavy atom. The maximum absolute atomic E-state index is 5.16. The average molecular weight is 278 g/mol. The molecule has 1 aromatic heterocycles. The highest BCUT2D eigenvalue weighted by atomic mass is 16.5. The summed E-state index contributed by atoms with van der Waals surface area (Å²) in [6, 6.07) is 0.716. The molecule has 1 heterocycles. The van der Waals surface area contributed by atoms with Gasteiger partial charge in [0, 0.05) is 50.7 Å². The number of aromatic nitrogens is 2. The second kappa shape index (κ2) is 7.55. The van der Waals surface area contributed by atoms with Crippen LogP contribution < -0.4 is 10.2 Å². The highest BCUT2D eigenvalue weighted by Crippen LogP contribution is 2.19. The molecule has 0 unspecified atom stereocenters. The number of hydrogen-bond donors (Lipinski definition) is 1. The van der Waals surface area contributed by atoms with Crippen molar-refractivity contribution in [2.75, 3.05) is 31.7 Å². The molecule has 1 N–H and O–H groups in total. The van der Waals surface area contributed by atoms with Crippen molar-refractivity contribution in [1.82, 2.24) is 15.3 Å². The maximum atomic E-state index is 5.16. The summed E-state index contributed by atoms with van der Waals surface area (Å²) in [7, 11) is 1.72. The molecule has 112 valence electrons. The second-order valence-corrected chi connectivity index (χ2v) is 5.88. The highest BCUT2D eigenvalue weighted by Gasteiger charge is 2.20. The molecule has 20 heavy (non-hydrogen) atoms. The van der Waals surface area contributed by atoms with Gasteiger partial charge >= 0.3 is 0 Å². The van der Waals surface area contributed by atoms with Gasteiger partial charge in [-0.15, -0.1) is 0 Å². The van der Waals surface area contributed by atoms with E-state index in [0.29, 0.717) is 18.6 Å². The average Bonchev–Trinajstić information content (AvgIpc) is 3.25. The zero-order valence-corrected chi connectivity index (χ0v) is 12.8. The van der Waals surface area contributed by atoms with Crippen molar-refractivity contribution in [3.8, 4) is 0 Å². The molecule has 1 aromatic rings. The first kappa shape index (κ1) is 15.2. The molecule has 5 nitrogen and oxygen atoms in total. The van der Waals surface area contributed by atoms with Crippen molar-refractivity contribution in [3.63, 3.8) is 0 Å². The molecule has 0 atom stereocenters. The van der Waals surface area contributed by atoms with Crippen LogP contribution in [0.1, 0.15) is 32.3 Å². The van der Waals surface area contributed by atoms with Crippen LogP contribution in [0.15, 0.2) is 12.4 Å². The number of ether oxygens (including phenoxy) is 1. The smallest absolute Gasteiger partial charge is 0.225 e. The predicted octanol–water partition coefficient (Wildman–Crippen LogP) is 1.84. The minimum Gasteiger partial charge on any atom is -0.383 e. The number of anilines is 1. The Balaban J connectivity index is 1.92. The zero-order chi connectivity index (χ0) is 14.4. The first-order valence-corrected chi connectivity index (χ1v) is 7.47. The van der Waals surface area contributed by atoms with Crippen molar-refractivity contribution in [1.29, 1.82) is 0 Å². The second-order valence-electron chi connectivity index (χ2n) is 5.88. The topological polar surface area (TPSA) is 50.3 Å². The normalized spacial score (nSPS) is 14.8. The van der Waals surface area contributed by atoms with Gasteiger partial charge in [-0.1, -0.05) is 13.8 Å². The van der Waals surface area contributed by atoms with Crippen LogP contribution in [0, 0.1) is 5.92 Å². The van der Waals surface area contributed by atoms with Crippen molar-refractivity contribution in [2.45, 2.75) is 39.3 Å². The molecule has 1 saturated carbocycles. The van der Waals surface area contributed by atoms with E-state index < -0.39 is 0 Å². The monoisotopic (exact) mass is 278 g/mol. The lowest BCUT2D eigenvalue weighted by molar-refractivity contribution is 0.204. The van der Waals surface area contributed by atoms with Gasteiger partial charge in [0.2, 0.25) is 5.95 Å². The van der Waals surface area contributed by atoms with Crippen LogP contribution in [-0.4, -0.2) is 42.8 Å². The zero-order valence-electron chi connectivity index (χ0n) is 12.8. The van der Waals surface area contributed by atoms with Gasteiger partial charge in [-0.25, -0.2) is 9.97 Å². The summed E-state index contributed by atoms with van der Waals surface area (Å²) in [5.41, 5.74) is 1.15. The van der Waals surface area contributed by atoms with Crippen LogP contribution in [0.3, 0.4) is 0 Å². The molecular formula is C15H26N4O. The largest absolute Gasteiger partial charge is 0.383 e. The first-order valence-electron chi connectivity index (χ1n) is 7.47. The number of nitrogens with zero attached hydrogens (tertiary/aromatic N) is 3. The summed E-state index contributed by atoms with van der Waals surface area (Å²) in [5, 5.41) is 3.47. The minimum absolute atomic E-state index is 0.576. The molecule has 0 radical (unpaired) electrons. The molecule has 0 bridgehead atoms. The molecule has 0 aromatic carbocycles. The lowest BCUT2D eigenvalue weighted by Crippen LogP contribution is -2.32. The van der Waals surface area contributed by atoms with E-state index in [1.807, 2.05) is 12.4 Å². The molecule has 0 saturated heterocycles. The Kier molecular flexibility index (Phi) is 5.73. The van der Waals surface area contributed by atoms with Crippen LogP contribution in [-0.2, 0) is 11.3 Å². The van der Waals surface area contributed by atoms with Crippen LogP contribution in [0.4, 0.5) is 5.95 Å². The van der Waals surface area contributed by atoms with Gasteiger partial charge in [-0.3, -0.25) is 0 Å². The molecule has 0 spiro atoms. The lowest BCUT2D eigenvalue weighted by Gasteiger charge is -2.24. The molecule has 5 heteroatoms. The van der Waals surface area contributed by atoms with Crippen LogP contribution in [0.5, 0.6) is 0 Å². The summed E-state index contributed by atoms with van der Waals surface area (Å²) in [5.74, 6) is 1.37. The number of hydrogen-bond acceptors (Lipinski definition) is 5. The minimum atomic E-state index is 0.576. The third kappa shape index (κ3) is 5.06. The third-order valence-electron chi connectivity index (χ3n) is 3.30. The van der Waals surface area contributed by atoms with Crippen LogP contribution >= 0.6 is 0 Å². The first-order chi connectivity index (χ1) is 9.69. The van der Waals surface area contributed by atoms with Crippen molar-refractivity contribution in [2.24, 2.45) is 5.92 Å². The van der Waals surface area contributed by atoms with Gasteiger partial charge in [0.1, 0.15) is 0 Å². The van der Waals surface area contributed by atoms with E-state index in [9.17, 15) is 0 Å². The van der Waals surface area contributed by atoms with Crippen LogP contribution in [0.2, 0.25) is 0 Å². The Morgan fingerprint density at radius 1 is 1.35 bits per heavy atom. The Morgan fingerprint density at radius 2 is 2.05 bits per heavy atom. The Labute approximate surface area is 121 Å². The quantitative estimate of drug-likeness (QED) is 0.747. The van der Waals surface area contributed by atoms with E-state index in [0.717, 1.165) is 31.1 Å². The standard InChI is InChI=1S/C15H26N4O/c1-12(2)11-19(6-7-20-3)15-17-9-13(10-18-15)8-16-14-4-5-14/h9-10,12,14,16H,4-8,11H2,1-3H3. The fourth-order valence-corrected chi connectivity index (χ4v) is 2.07. The summed E-state index contributed by atoms with van der Waals surface area (Å²) in [4.78, 5) is 11.2. The molecule has 1 aliphatic carbocycles. The van der Waals surface area contributed by atoms with E-state index >= 15 is 0 Å². The SMILES string of the molecule is COCCN(CC(C)C)c1ncc(CNC2CC2)cn1. The van der Waals surface area contributed by atoms with Crippen molar-refractivity contribution < 1.29 is 4.74 Å². The van der Waals surface area contributed by atoms with Crippen molar-refractivity contribution >= 4 is 5.95 Å². The summed E-state index contributed by atoms with van der Waals surface area (Å²) >= 11 is 0. The molecular weight excluding hydrogens is 252 g/mol. The van der Waals surface area contributed by atoms with Gasteiger partial charge in [0.15, 0.2) is 0 Å². The predicted molar refractivity (Wildman–Crippen MR) is 80.8 cm³/mol. The fraction of sp³-hybridized carbons (Fsp3) is 0.733. The number of nitrogens with one attached hydrogen (secondary N) is 1. The van der Waals surface area contributed by atoms with E-state index in [-0.39, 0.29) is 0 Å². The van der Waals surface area contributed by atoms with Gasteiger partial charge < -0.3 is 15.0 Å².